The van der Waals surface area contributed by atoms with Gasteiger partial charge in [-0.25, -0.2) is 4.57 Å². The van der Waals surface area contributed by atoms with Gasteiger partial charge in [0.2, 0.25) is 5.58 Å². The molecule has 0 fully saturated rings. The predicted molar refractivity (Wildman–Crippen MR) is 60.0 cm³/mol. The van der Waals surface area contributed by atoms with E-state index in [-0.39, 0.29) is 5.75 Å². The maximum absolute atomic E-state index is 10.6. The summed E-state index contributed by atoms with van der Waals surface area (Å²) in [6.07, 6.45) is 2.13. The number of hydrogen-bond donors (Lipinski definition) is 1. The molecule has 7 heteroatoms. The molecule has 0 amide bonds. The highest BCUT2D eigenvalue weighted by atomic mass is 32.2. The van der Waals surface area contributed by atoms with Gasteiger partial charge in [-0.3, -0.25) is 4.55 Å². The van der Waals surface area contributed by atoms with Crippen LogP contribution in [-0.4, -0.2) is 23.7 Å². The Labute approximate surface area is 98.6 Å². The Morgan fingerprint density at radius 3 is 3.00 bits per heavy atom. The Balaban J connectivity index is 2.18. The first-order valence-electron chi connectivity index (χ1n) is 5.16. The van der Waals surface area contributed by atoms with Crippen molar-refractivity contribution in [3.63, 3.8) is 0 Å². The first kappa shape index (κ1) is 12.0. The highest BCUT2D eigenvalue weighted by Gasteiger charge is 2.16. The summed E-state index contributed by atoms with van der Waals surface area (Å²) < 4.78 is 37.0. The van der Waals surface area contributed by atoms with Gasteiger partial charge < -0.3 is 4.42 Å². The van der Waals surface area contributed by atoms with E-state index in [0.717, 1.165) is 0 Å². The molecule has 0 spiro atoms. The molecule has 0 aliphatic carbocycles. The summed E-state index contributed by atoms with van der Waals surface area (Å²) in [7, 11) is -3.90. The summed E-state index contributed by atoms with van der Waals surface area (Å²) in [4.78, 5) is 4.21. The number of aryl methyl sites for hydroxylation is 2. The minimum atomic E-state index is -3.90. The van der Waals surface area contributed by atoms with Crippen molar-refractivity contribution in [2.75, 3.05) is 5.75 Å². The van der Waals surface area contributed by atoms with Crippen LogP contribution in [0.15, 0.2) is 22.7 Å². The van der Waals surface area contributed by atoms with Gasteiger partial charge in [-0.2, -0.15) is 8.42 Å². The van der Waals surface area contributed by atoms with Crippen molar-refractivity contribution in [2.45, 2.75) is 19.9 Å². The molecule has 0 aromatic carbocycles. The number of aromatic nitrogens is 2. The quantitative estimate of drug-likeness (QED) is 0.644. The molecule has 17 heavy (non-hydrogen) atoms. The first-order chi connectivity index (χ1) is 7.96. The third-order valence-electron chi connectivity index (χ3n) is 2.33. The van der Waals surface area contributed by atoms with Crippen LogP contribution in [0, 0.1) is 6.92 Å². The minimum Gasteiger partial charge on any atom is -0.415 e. The number of oxazole rings is 1. The number of nitrogens with zero attached hydrogens (tertiary/aromatic N) is 2. The van der Waals surface area contributed by atoms with Crippen molar-refractivity contribution in [3.05, 3.63) is 24.2 Å². The number of pyridine rings is 1. The highest BCUT2D eigenvalue weighted by molar-refractivity contribution is 7.85. The zero-order chi connectivity index (χ0) is 12.5. The average molecular weight is 257 g/mol. The van der Waals surface area contributed by atoms with E-state index in [0.29, 0.717) is 30.1 Å². The fraction of sp³-hybridized carbons (Fsp3) is 0.400. The van der Waals surface area contributed by atoms with Crippen molar-refractivity contribution >= 4 is 21.3 Å². The van der Waals surface area contributed by atoms with Crippen LogP contribution in [0.4, 0.5) is 0 Å². The molecule has 2 rings (SSSR count). The van der Waals surface area contributed by atoms with E-state index in [2.05, 4.69) is 4.98 Å². The Bertz CT molecular complexity index is 633. The second kappa shape index (κ2) is 4.42. The smallest absolute Gasteiger partial charge is 0.370 e. The molecule has 1 N–H and O–H groups in total. The van der Waals surface area contributed by atoms with Crippen LogP contribution in [0.1, 0.15) is 12.3 Å². The van der Waals surface area contributed by atoms with Crippen molar-refractivity contribution in [1.82, 2.24) is 4.98 Å². The van der Waals surface area contributed by atoms with E-state index in [1.165, 1.54) is 0 Å². The lowest BCUT2D eigenvalue weighted by molar-refractivity contribution is -0.673. The van der Waals surface area contributed by atoms with E-state index < -0.39 is 10.1 Å². The van der Waals surface area contributed by atoms with Crippen LogP contribution in [0.5, 0.6) is 0 Å². The molecule has 0 aliphatic heterocycles. The molecule has 0 bridgehead atoms. The van der Waals surface area contributed by atoms with Crippen LogP contribution in [0.3, 0.4) is 0 Å². The van der Waals surface area contributed by atoms with Gasteiger partial charge in [0.1, 0.15) is 0 Å². The van der Waals surface area contributed by atoms with Crippen LogP contribution >= 0.6 is 0 Å². The predicted octanol–water partition coefficient (Wildman–Crippen LogP) is 0.702. The largest absolute Gasteiger partial charge is 0.415 e. The molecule has 0 atom stereocenters. The lowest BCUT2D eigenvalue weighted by atomic mass is 10.4. The standard InChI is InChI=1S/C10H12N2O4S/c1-8-11-10-9(16-8)4-2-5-12(10)6-3-7-17(13,14)15/h2,4-5H,3,6-7H2,1H3/p+1. The van der Waals surface area contributed by atoms with Crippen molar-refractivity contribution in [1.29, 1.82) is 0 Å². The summed E-state index contributed by atoms with van der Waals surface area (Å²) >= 11 is 0. The fourth-order valence-electron chi connectivity index (χ4n) is 1.65. The van der Waals surface area contributed by atoms with Gasteiger partial charge in [-0.1, -0.05) is 0 Å². The molecular formula is C10H13N2O4S+. The average Bonchev–Trinajstić information content (AvgIpc) is 2.57. The van der Waals surface area contributed by atoms with E-state index in [4.69, 9.17) is 8.97 Å². The highest BCUT2D eigenvalue weighted by Crippen LogP contribution is 2.10. The maximum Gasteiger partial charge on any atom is 0.370 e. The molecular weight excluding hydrogens is 244 g/mol. The van der Waals surface area contributed by atoms with Crippen molar-refractivity contribution in [3.8, 4) is 0 Å². The van der Waals surface area contributed by atoms with Gasteiger partial charge >= 0.3 is 11.5 Å². The van der Waals surface area contributed by atoms with Crippen LogP contribution in [-0.2, 0) is 16.7 Å². The number of hydrogen-bond acceptors (Lipinski definition) is 4. The lowest BCUT2D eigenvalue weighted by Crippen LogP contribution is -2.35. The first-order valence-corrected chi connectivity index (χ1v) is 6.77. The Hall–Kier alpha value is -1.47. The van der Waals surface area contributed by atoms with E-state index in [1.54, 1.807) is 29.8 Å². The third kappa shape index (κ3) is 3.01. The van der Waals surface area contributed by atoms with Gasteiger partial charge in [-0.15, -0.1) is 0 Å². The van der Waals surface area contributed by atoms with E-state index >= 15 is 0 Å². The number of fused-ring (bicyclic) bond motifs is 1. The minimum absolute atomic E-state index is 0.257. The Morgan fingerprint density at radius 2 is 2.29 bits per heavy atom. The third-order valence-corrected chi connectivity index (χ3v) is 3.13. The maximum atomic E-state index is 10.6. The molecule has 2 heterocycles. The normalized spacial score (nSPS) is 12.1. The monoisotopic (exact) mass is 257 g/mol. The number of rotatable bonds is 4. The summed E-state index contributed by atoms with van der Waals surface area (Å²) in [6, 6.07) is 3.61. The fourth-order valence-corrected chi connectivity index (χ4v) is 2.14. The molecule has 2 aromatic heterocycles. The zero-order valence-electron chi connectivity index (χ0n) is 9.33. The molecule has 0 unspecified atom stereocenters. The van der Waals surface area contributed by atoms with Crippen LogP contribution < -0.4 is 4.57 Å². The molecule has 0 saturated heterocycles. The van der Waals surface area contributed by atoms with E-state index in [1.807, 2.05) is 0 Å². The lowest BCUT2D eigenvalue weighted by Gasteiger charge is -1.98. The van der Waals surface area contributed by atoms with Crippen LogP contribution in [0.2, 0.25) is 0 Å². The topological polar surface area (TPSA) is 84.3 Å². The van der Waals surface area contributed by atoms with Crippen molar-refractivity contribution in [2.24, 2.45) is 0 Å². The zero-order valence-corrected chi connectivity index (χ0v) is 10.1. The molecule has 0 radical (unpaired) electrons. The summed E-state index contributed by atoms with van der Waals surface area (Å²) in [5.74, 6) is 0.308. The van der Waals surface area contributed by atoms with Crippen molar-refractivity contribution < 1.29 is 22.0 Å². The molecule has 92 valence electrons. The van der Waals surface area contributed by atoms with Gasteiger partial charge in [0, 0.05) is 13.3 Å². The molecule has 6 nitrogen and oxygen atoms in total. The Morgan fingerprint density at radius 1 is 1.53 bits per heavy atom. The van der Waals surface area contributed by atoms with E-state index in [9.17, 15) is 8.42 Å². The second-order valence-electron chi connectivity index (χ2n) is 3.76. The van der Waals surface area contributed by atoms with Gasteiger partial charge in [-0.05, 0) is 17.1 Å². The SMILES string of the molecule is Cc1nc2c(ccc[n+]2CCCS(=O)(=O)O)o1. The molecule has 0 saturated carbocycles. The second-order valence-corrected chi connectivity index (χ2v) is 5.33. The van der Waals surface area contributed by atoms with Gasteiger partial charge in [0.15, 0.2) is 0 Å². The molecule has 0 aliphatic rings. The van der Waals surface area contributed by atoms with Gasteiger partial charge in [0.05, 0.1) is 18.5 Å². The summed E-state index contributed by atoms with van der Waals surface area (Å²) in [6.45, 7) is 2.21. The van der Waals surface area contributed by atoms with Crippen LogP contribution in [0.25, 0.3) is 11.2 Å². The summed E-state index contributed by atoms with van der Waals surface area (Å²) in [5, 5.41) is 0. The summed E-state index contributed by atoms with van der Waals surface area (Å²) in [5.41, 5.74) is 1.34. The Kier molecular flexibility index (Phi) is 3.12. The van der Waals surface area contributed by atoms with Gasteiger partial charge in [0.25, 0.3) is 10.1 Å². The molecule has 2 aromatic rings.